The highest BCUT2D eigenvalue weighted by atomic mass is 19.1. The first-order valence-electron chi connectivity index (χ1n) is 7.12. The number of hydrogen-bond donors (Lipinski definition) is 2. The second-order valence-electron chi connectivity index (χ2n) is 5.84. The van der Waals surface area contributed by atoms with Gasteiger partial charge in [-0.15, -0.1) is 0 Å². The quantitative estimate of drug-likeness (QED) is 0.848. The lowest BCUT2D eigenvalue weighted by molar-refractivity contribution is -0.129. The Labute approximate surface area is 125 Å². The summed E-state index contributed by atoms with van der Waals surface area (Å²) in [7, 11) is 0. The van der Waals surface area contributed by atoms with Gasteiger partial charge in [-0.1, -0.05) is 6.92 Å². The lowest BCUT2D eigenvalue weighted by Gasteiger charge is -2.27. The van der Waals surface area contributed by atoms with Crippen LogP contribution < -0.4 is 10.1 Å². The lowest BCUT2D eigenvalue weighted by Crippen LogP contribution is -2.48. The van der Waals surface area contributed by atoms with Crippen molar-refractivity contribution in [3.05, 3.63) is 29.6 Å². The molecular weight excluding hydrogens is 273 g/mol. The zero-order valence-corrected chi connectivity index (χ0v) is 13.2. The van der Waals surface area contributed by atoms with Gasteiger partial charge in [0.25, 0.3) is 5.91 Å². The van der Waals surface area contributed by atoms with Crippen LogP contribution in [0.15, 0.2) is 18.2 Å². The first kappa shape index (κ1) is 17.4. The van der Waals surface area contributed by atoms with Crippen molar-refractivity contribution in [3.63, 3.8) is 0 Å². The van der Waals surface area contributed by atoms with Gasteiger partial charge in [-0.2, -0.15) is 0 Å². The van der Waals surface area contributed by atoms with Gasteiger partial charge < -0.3 is 15.2 Å². The molecule has 0 aliphatic carbocycles. The topological polar surface area (TPSA) is 58.6 Å². The molecule has 0 spiro atoms. The van der Waals surface area contributed by atoms with Crippen molar-refractivity contribution in [1.29, 1.82) is 0 Å². The number of aliphatic hydroxyl groups is 1. The minimum absolute atomic E-state index is 0.247. The Morgan fingerprint density at radius 1 is 1.43 bits per heavy atom. The van der Waals surface area contributed by atoms with Crippen molar-refractivity contribution < 1.29 is 19.0 Å². The predicted octanol–water partition coefficient (Wildman–Crippen LogP) is 2.95. The van der Waals surface area contributed by atoms with Gasteiger partial charge in [0.2, 0.25) is 0 Å². The van der Waals surface area contributed by atoms with E-state index in [0.29, 0.717) is 11.3 Å². The molecule has 5 heteroatoms. The highest BCUT2D eigenvalue weighted by Crippen LogP contribution is 2.27. The fraction of sp³-hybridized carbons (Fsp3) is 0.562. The molecule has 0 aliphatic rings. The number of hydrogen-bond acceptors (Lipinski definition) is 3. The van der Waals surface area contributed by atoms with Crippen LogP contribution in [0.25, 0.3) is 0 Å². The molecule has 118 valence electrons. The molecule has 0 saturated heterocycles. The summed E-state index contributed by atoms with van der Waals surface area (Å²) in [6.07, 6.45) is -0.821. The Morgan fingerprint density at radius 2 is 2.05 bits per heavy atom. The van der Waals surface area contributed by atoms with E-state index in [4.69, 9.17) is 4.74 Å². The number of carbonyl (C=O) groups is 1. The number of aliphatic hydroxyl groups excluding tert-OH is 1. The molecule has 21 heavy (non-hydrogen) atoms. The van der Waals surface area contributed by atoms with Gasteiger partial charge >= 0.3 is 0 Å². The predicted molar refractivity (Wildman–Crippen MR) is 79.6 cm³/mol. The number of amides is 1. The molecule has 1 aromatic rings. The van der Waals surface area contributed by atoms with Gasteiger partial charge in [0.1, 0.15) is 11.6 Å². The summed E-state index contributed by atoms with van der Waals surface area (Å²) in [6, 6.07) is 3.87. The average molecular weight is 297 g/mol. The Balaban J connectivity index is 2.84. The van der Waals surface area contributed by atoms with E-state index < -0.39 is 18.0 Å². The highest BCUT2D eigenvalue weighted by molar-refractivity contribution is 5.81. The molecule has 0 bridgehead atoms. The second kappa shape index (κ2) is 6.89. The molecule has 0 fully saturated rings. The summed E-state index contributed by atoms with van der Waals surface area (Å²) in [5.41, 5.74) is 0.00864. The molecule has 2 unspecified atom stereocenters. The van der Waals surface area contributed by atoms with Gasteiger partial charge in [0.15, 0.2) is 6.10 Å². The largest absolute Gasteiger partial charge is 0.481 e. The van der Waals surface area contributed by atoms with Gasteiger partial charge in [0, 0.05) is 11.1 Å². The zero-order valence-electron chi connectivity index (χ0n) is 13.2. The summed E-state index contributed by atoms with van der Waals surface area (Å²) < 4.78 is 18.8. The molecule has 0 aromatic heterocycles. The van der Waals surface area contributed by atoms with E-state index in [0.717, 1.165) is 6.42 Å². The smallest absolute Gasteiger partial charge is 0.261 e. The number of carbonyl (C=O) groups excluding carboxylic acids is 1. The van der Waals surface area contributed by atoms with Crippen LogP contribution in [0.2, 0.25) is 0 Å². The zero-order chi connectivity index (χ0) is 16.2. The van der Waals surface area contributed by atoms with Gasteiger partial charge in [0.05, 0.1) is 6.10 Å². The van der Waals surface area contributed by atoms with Crippen LogP contribution in [0, 0.1) is 5.82 Å². The Morgan fingerprint density at radius 3 is 2.57 bits per heavy atom. The Bertz CT molecular complexity index is 500. The first-order valence-corrected chi connectivity index (χ1v) is 7.12. The fourth-order valence-corrected chi connectivity index (χ4v) is 1.72. The first-order chi connectivity index (χ1) is 9.66. The molecule has 0 aliphatic heterocycles. The van der Waals surface area contributed by atoms with Crippen molar-refractivity contribution in [3.8, 4) is 5.75 Å². The lowest BCUT2D eigenvalue weighted by atomic mass is 10.0. The summed E-state index contributed by atoms with van der Waals surface area (Å²) in [5, 5.41) is 12.5. The van der Waals surface area contributed by atoms with Crippen LogP contribution in [-0.2, 0) is 4.79 Å². The van der Waals surface area contributed by atoms with Crippen LogP contribution in [0.3, 0.4) is 0 Å². The van der Waals surface area contributed by atoms with E-state index in [1.807, 2.05) is 20.8 Å². The van der Waals surface area contributed by atoms with Crippen LogP contribution in [0.1, 0.15) is 52.7 Å². The van der Waals surface area contributed by atoms with Crippen molar-refractivity contribution in [2.45, 2.75) is 58.8 Å². The Hall–Kier alpha value is -1.62. The molecule has 0 radical (unpaired) electrons. The maximum Gasteiger partial charge on any atom is 0.261 e. The standard InChI is InChI=1S/C16H24FNO3/c1-6-16(4,5)18-15(20)11(3)21-14-8-7-12(17)9-13(14)10(2)19/h7-11,19H,6H2,1-5H3,(H,18,20). The molecule has 1 amide bonds. The molecule has 1 aromatic carbocycles. The van der Waals surface area contributed by atoms with Crippen LogP contribution in [0.4, 0.5) is 4.39 Å². The monoisotopic (exact) mass is 297 g/mol. The number of rotatable bonds is 6. The molecule has 2 atom stereocenters. The highest BCUT2D eigenvalue weighted by Gasteiger charge is 2.24. The average Bonchev–Trinajstić information content (AvgIpc) is 2.40. The van der Waals surface area contributed by atoms with Crippen LogP contribution in [-0.4, -0.2) is 22.7 Å². The number of nitrogens with one attached hydrogen (secondary N) is 1. The van der Waals surface area contributed by atoms with E-state index in [1.54, 1.807) is 6.92 Å². The van der Waals surface area contributed by atoms with Crippen LogP contribution >= 0.6 is 0 Å². The summed E-state index contributed by atoms with van der Waals surface area (Å²) in [6.45, 7) is 8.98. The van der Waals surface area contributed by atoms with Crippen molar-refractivity contribution >= 4 is 5.91 Å². The summed E-state index contributed by atoms with van der Waals surface area (Å²) >= 11 is 0. The summed E-state index contributed by atoms with van der Waals surface area (Å²) in [5.74, 6) is -0.395. The van der Waals surface area contributed by atoms with Gasteiger partial charge in [-0.05, 0) is 52.3 Å². The molecule has 0 saturated carbocycles. The normalized spacial score (nSPS) is 14.4. The summed E-state index contributed by atoms with van der Waals surface area (Å²) in [4.78, 5) is 12.1. The minimum Gasteiger partial charge on any atom is -0.481 e. The van der Waals surface area contributed by atoms with E-state index in [2.05, 4.69) is 5.32 Å². The van der Waals surface area contributed by atoms with Gasteiger partial charge in [-0.25, -0.2) is 4.39 Å². The maximum atomic E-state index is 13.2. The van der Waals surface area contributed by atoms with E-state index in [-0.39, 0.29) is 11.4 Å². The number of benzene rings is 1. The van der Waals surface area contributed by atoms with E-state index >= 15 is 0 Å². The minimum atomic E-state index is -0.877. The number of ether oxygens (including phenoxy) is 1. The van der Waals surface area contributed by atoms with Crippen molar-refractivity contribution in [1.82, 2.24) is 5.32 Å². The second-order valence-corrected chi connectivity index (χ2v) is 5.84. The molecule has 4 nitrogen and oxygen atoms in total. The fourth-order valence-electron chi connectivity index (χ4n) is 1.72. The Kier molecular flexibility index (Phi) is 5.72. The third-order valence-electron chi connectivity index (χ3n) is 3.44. The SMILES string of the molecule is CCC(C)(C)NC(=O)C(C)Oc1ccc(F)cc1C(C)O. The molecule has 1 rings (SSSR count). The maximum absolute atomic E-state index is 13.2. The molecular formula is C16H24FNO3. The van der Waals surface area contributed by atoms with Crippen LogP contribution in [0.5, 0.6) is 5.75 Å². The third-order valence-corrected chi connectivity index (χ3v) is 3.44. The van der Waals surface area contributed by atoms with Gasteiger partial charge in [-0.3, -0.25) is 4.79 Å². The van der Waals surface area contributed by atoms with E-state index in [1.165, 1.54) is 25.1 Å². The van der Waals surface area contributed by atoms with E-state index in [9.17, 15) is 14.3 Å². The number of halogens is 1. The third kappa shape index (κ3) is 5.01. The van der Waals surface area contributed by atoms with Crippen molar-refractivity contribution in [2.75, 3.05) is 0 Å². The molecule has 0 heterocycles. The van der Waals surface area contributed by atoms with Crippen molar-refractivity contribution in [2.24, 2.45) is 0 Å². The molecule has 2 N–H and O–H groups in total.